The molecule has 0 saturated heterocycles. The molecule has 0 amide bonds. The number of hydrogen-bond donors (Lipinski definition) is 1. The second-order valence-corrected chi connectivity index (χ2v) is 6.07. The van der Waals surface area contributed by atoms with Crippen molar-refractivity contribution in [2.75, 3.05) is 11.9 Å². The average molecular weight is 337 g/mol. The average Bonchev–Trinajstić information content (AvgIpc) is 3.07. The predicted molar refractivity (Wildman–Crippen MR) is 72.0 cm³/mol. The zero-order chi connectivity index (χ0) is 14.1. The van der Waals surface area contributed by atoms with Gasteiger partial charge in [-0.25, -0.2) is 4.98 Å². The molecule has 1 aromatic rings. The van der Waals surface area contributed by atoms with E-state index < -0.39 is 11.7 Å². The van der Waals surface area contributed by atoms with Crippen LogP contribution in [0.15, 0.2) is 16.7 Å². The highest BCUT2D eigenvalue weighted by Crippen LogP contribution is 2.49. The standard InChI is InChI=1S/C13H16BrF3N2/c1-2-3-12(4-5-12)8-19-11-10(13(15,16)17)6-9(14)7-18-11/h6-7H,2-5,8H2,1H3,(H,18,19). The highest BCUT2D eigenvalue weighted by Gasteiger charge is 2.42. The molecule has 1 N–H and O–H groups in total. The minimum absolute atomic E-state index is 0.0712. The molecule has 1 saturated carbocycles. The largest absolute Gasteiger partial charge is 0.419 e. The number of aromatic nitrogens is 1. The van der Waals surface area contributed by atoms with Gasteiger partial charge in [-0.05, 0) is 46.7 Å². The van der Waals surface area contributed by atoms with Crippen molar-refractivity contribution in [1.82, 2.24) is 4.98 Å². The van der Waals surface area contributed by atoms with Crippen LogP contribution in [0.25, 0.3) is 0 Å². The van der Waals surface area contributed by atoms with Crippen LogP contribution >= 0.6 is 15.9 Å². The Kier molecular flexibility index (Phi) is 4.08. The Bertz CT molecular complexity index is 456. The summed E-state index contributed by atoms with van der Waals surface area (Å²) in [5, 5.41) is 2.88. The maximum Gasteiger partial charge on any atom is 0.419 e. The first kappa shape index (κ1) is 14.6. The maximum absolute atomic E-state index is 12.9. The van der Waals surface area contributed by atoms with Crippen LogP contribution in [0.4, 0.5) is 19.0 Å². The molecule has 0 spiro atoms. The molecule has 106 valence electrons. The minimum Gasteiger partial charge on any atom is -0.369 e. The van der Waals surface area contributed by atoms with Gasteiger partial charge in [0.05, 0.1) is 5.56 Å². The molecular weight excluding hydrogens is 321 g/mol. The van der Waals surface area contributed by atoms with E-state index in [1.54, 1.807) is 0 Å². The fraction of sp³-hybridized carbons (Fsp3) is 0.615. The van der Waals surface area contributed by atoms with Gasteiger partial charge in [0.2, 0.25) is 0 Å². The van der Waals surface area contributed by atoms with Gasteiger partial charge >= 0.3 is 6.18 Å². The summed E-state index contributed by atoms with van der Waals surface area (Å²) in [6.45, 7) is 2.66. The first-order valence-electron chi connectivity index (χ1n) is 6.33. The molecule has 0 unspecified atom stereocenters. The van der Waals surface area contributed by atoms with E-state index in [9.17, 15) is 13.2 Å². The summed E-state index contributed by atoms with van der Waals surface area (Å²) < 4.78 is 39.1. The van der Waals surface area contributed by atoms with Crippen molar-refractivity contribution in [2.24, 2.45) is 5.41 Å². The summed E-state index contributed by atoms with van der Waals surface area (Å²) in [6.07, 6.45) is 1.29. The zero-order valence-corrected chi connectivity index (χ0v) is 12.2. The van der Waals surface area contributed by atoms with Crippen molar-refractivity contribution in [3.63, 3.8) is 0 Å². The van der Waals surface area contributed by atoms with Crippen LogP contribution in [0.1, 0.15) is 38.2 Å². The SMILES string of the molecule is CCCC1(CNc2ncc(Br)cc2C(F)(F)F)CC1. The number of anilines is 1. The fourth-order valence-corrected chi connectivity index (χ4v) is 2.62. The van der Waals surface area contributed by atoms with Gasteiger partial charge in [0.25, 0.3) is 0 Å². The summed E-state index contributed by atoms with van der Waals surface area (Å²) in [4.78, 5) is 3.86. The van der Waals surface area contributed by atoms with Crippen LogP contribution in [0, 0.1) is 5.41 Å². The molecule has 1 fully saturated rings. The highest BCUT2D eigenvalue weighted by atomic mass is 79.9. The van der Waals surface area contributed by atoms with E-state index in [4.69, 9.17) is 0 Å². The summed E-state index contributed by atoms with van der Waals surface area (Å²) in [5.41, 5.74) is -0.527. The minimum atomic E-state index is -4.39. The molecule has 1 aromatic heterocycles. The van der Waals surface area contributed by atoms with E-state index >= 15 is 0 Å². The Morgan fingerprint density at radius 2 is 2.11 bits per heavy atom. The van der Waals surface area contributed by atoms with Gasteiger partial charge in [-0.1, -0.05) is 13.3 Å². The maximum atomic E-state index is 12.9. The molecule has 0 aromatic carbocycles. The van der Waals surface area contributed by atoms with Crippen molar-refractivity contribution >= 4 is 21.7 Å². The molecule has 1 heterocycles. The lowest BCUT2D eigenvalue weighted by atomic mass is 10.0. The smallest absolute Gasteiger partial charge is 0.369 e. The van der Waals surface area contributed by atoms with Crippen LogP contribution in [0.2, 0.25) is 0 Å². The van der Waals surface area contributed by atoms with Crippen LogP contribution in [-0.4, -0.2) is 11.5 Å². The van der Waals surface area contributed by atoms with Crippen molar-refractivity contribution < 1.29 is 13.2 Å². The zero-order valence-electron chi connectivity index (χ0n) is 10.6. The second-order valence-electron chi connectivity index (χ2n) is 5.15. The molecule has 6 heteroatoms. The molecule has 0 atom stereocenters. The topological polar surface area (TPSA) is 24.9 Å². The summed E-state index contributed by atoms with van der Waals surface area (Å²) in [5.74, 6) is -0.0712. The predicted octanol–water partition coefficient (Wildman–Crippen LogP) is 4.86. The van der Waals surface area contributed by atoms with Crippen LogP contribution in [0.5, 0.6) is 0 Å². The number of nitrogens with zero attached hydrogens (tertiary/aromatic N) is 1. The highest BCUT2D eigenvalue weighted by molar-refractivity contribution is 9.10. The van der Waals surface area contributed by atoms with Gasteiger partial charge < -0.3 is 5.32 Å². The number of hydrogen-bond acceptors (Lipinski definition) is 2. The Labute approximate surface area is 118 Å². The number of alkyl halides is 3. The van der Waals surface area contributed by atoms with E-state index in [0.717, 1.165) is 31.7 Å². The van der Waals surface area contributed by atoms with Gasteiger partial charge in [-0.2, -0.15) is 13.2 Å². The first-order valence-corrected chi connectivity index (χ1v) is 7.12. The molecule has 1 aliphatic rings. The van der Waals surface area contributed by atoms with Gasteiger partial charge in [-0.3, -0.25) is 0 Å². The normalized spacial score (nSPS) is 17.3. The molecule has 0 radical (unpaired) electrons. The third-order valence-electron chi connectivity index (χ3n) is 3.53. The summed E-state index contributed by atoms with van der Waals surface area (Å²) >= 11 is 3.03. The van der Waals surface area contributed by atoms with E-state index in [1.165, 1.54) is 6.20 Å². The van der Waals surface area contributed by atoms with Crippen molar-refractivity contribution in [3.8, 4) is 0 Å². The van der Waals surface area contributed by atoms with E-state index in [-0.39, 0.29) is 11.2 Å². The first-order chi connectivity index (χ1) is 8.86. The number of rotatable bonds is 5. The molecule has 2 nitrogen and oxygen atoms in total. The van der Waals surface area contributed by atoms with Crippen LogP contribution < -0.4 is 5.32 Å². The van der Waals surface area contributed by atoms with Gasteiger partial charge in [0.1, 0.15) is 5.82 Å². The molecular formula is C13H16BrF3N2. The van der Waals surface area contributed by atoms with Gasteiger partial charge in [0.15, 0.2) is 0 Å². The summed E-state index contributed by atoms with van der Waals surface area (Å²) in [6, 6.07) is 1.06. The fourth-order valence-electron chi connectivity index (χ4n) is 2.29. The lowest BCUT2D eigenvalue weighted by Gasteiger charge is -2.18. The van der Waals surface area contributed by atoms with E-state index in [2.05, 4.69) is 33.2 Å². The molecule has 1 aliphatic carbocycles. The van der Waals surface area contributed by atoms with E-state index in [1.807, 2.05) is 0 Å². The Morgan fingerprint density at radius 1 is 1.42 bits per heavy atom. The molecule has 0 bridgehead atoms. The Hall–Kier alpha value is -0.780. The summed E-state index contributed by atoms with van der Waals surface area (Å²) in [7, 11) is 0. The number of nitrogens with one attached hydrogen (secondary N) is 1. The van der Waals surface area contributed by atoms with Crippen molar-refractivity contribution in [3.05, 3.63) is 22.3 Å². The second kappa shape index (κ2) is 5.31. The molecule has 0 aliphatic heterocycles. The Morgan fingerprint density at radius 3 is 2.63 bits per heavy atom. The van der Waals surface area contributed by atoms with Crippen LogP contribution in [0.3, 0.4) is 0 Å². The van der Waals surface area contributed by atoms with Crippen LogP contribution in [-0.2, 0) is 6.18 Å². The third kappa shape index (κ3) is 3.61. The monoisotopic (exact) mass is 336 g/mol. The number of halogens is 4. The van der Waals surface area contributed by atoms with Gasteiger partial charge in [-0.15, -0.1) is 0 Å². The van der Waals surface area contributed by atoms with Crippen molar-refractivity contribution in [1.29, 1.82) is 0 Å². The lowest BCUT2D eigenvalue weighted by molar-refractivity contribution is -0.137. The molecule has 2 rings (SSSR count). The van der Waals surface area contributed by atoms with E-state index in [0.29, 0.717) is 11.0 Å². The lowest BCUT2D eigenvalue weighted by Crippen LogP contribution is -2.19. The quantitative estimate of drug-likeness (QED) is 0.830. The van der Waals surface area contributed by atoms with Gasteiger partial charge in [0, 0.05) is 17.2 Å². The van der Waals surface area contributed by atoms with Crippen molar-refractivity contribution in [2.45, 2.75) is 38.8 Å². The molecule has 19 heavy (non-hydrogen) atoms. The third-order valence-corrected chi connectivity index (χ3v) is 3.96. The Balaban J connectivity index is 2.12. The number of pyridine rings is 1.